The van der Waals surface area contributed by atoms with Crippen molar-refractivity contribution in [3.05, 3.63) is 100 Å². The van der Waals surface area contributed by atoms with Gasteiger partial charge in [0.25, 0.3) is 11.8 Å². The lowest BCUT2D eigenvalue weighted by molar-refractivity contribution is -0.120. The Bertz CT molecular complexity index is 1310. The highest BCUT2D eigenvalue weighted by Gasteiger charge is 2.44. The van der Waals surface area contributed by atoms with Crippen LogP contribution in [0.2, 0.25) is 0 Å². The molecule has 5 nitrogen and oxygen atoms in total. The number of methoxy groups -OCH3 is 1. The second-order valence-electron chi connectivity index (χ2n) is 8.53. The fourth-order valence-corrected chi connectivity index (χ4v) is 4.79. The number of rotatable bonds is 4. The van der Waals surface area contributed by atoms with Crippen molar-refractivity contribution in [1.82, 2.24) is 4.90 Å². The molecule has 166 valence electrons. The second-order valence-corrected chi connectivity index (χ2v) is 8.53. The van der Waals surface area contributed by atoms with Gasteiger partial charge in [0.1, 0.15) is 11.4 Å². The van der Waals surface area contributed by atoms with E-state index in [9.17, 15) is 9.59 Å². The molecule has 5 rings (SSSR count). The van der Waals surface area contributed by atoms with Gasteiger partial charge < -0.3 is 9.64 Å². The number of fused-ring (bicyclic) bond motifs is 1. The van der Waals surface area contributed by atoms with Gasteiger partial charge in [0.2, 0.25) is 0 Å². The minimum absolute atomic E-state index is 0.283. The number of imide groups is 1. The maximum atomic E-state index is 13.9. The van der Waals surface area contributed by atoms with Crippen LogP contribution in [-0.4, -0.2) is 30.4 Å². The van der Waals surface area contributed by atoms with Crippen LogP contribution in [0.15, 0.2) is 72.4 Å². The third-order valence-corrected chi connectivity index (χ3v) is 6.70. The van der Waals surface area contributed by atoms with E-state index in [0.717, 1.165) is 17.5 Å². The van der Waals surface area contributed by atoms with Gasteiger partial charge in [-0.25, -0.2) is 4.90 Å². The van der Waals surface area contributed by atoms with Gasteiger partial charge in [0, 0.05) is 18.7 Å². The molecule has 0 atom stereocenters. The first-order valence-electron chi connectivity index (χ1n) is 11.2. The zero-order valence-electron chi connectivity index (χ0n) is 19.1. The topological polar surface area (TPSA) is 49.9 Å². The highest BCUT2D eigenvalue weighted by Crippen LogP contribution is 2.40. The van der Waals surface area contributed by atoms with E-state index in [1.165, 1.54) is 16.0 Å². The normalized spacial score (nSPS) is 15.8. The van der Waals surface area contributed by atoms with Crippen LogP contribution >= 0.6 is 0 Å². The van der Waals surface area contributed by atoms with E-state index in [4.69, 9.17) is 4.74 Å². The van der Waals surface area contributed by atoms with Gasteiger partial charge in [-0.1, -0.05) is 54.6 Å². The Labute approximate surface area is 193 Å². The summed E-state index contributed by atoms with van der Waals surface area (Å²) in [5.74, 6) is -0.0209. The number of benzene rings is 3. The molecule has 2 heterocycles. The van der Waals surface area contributed by atoms with Crippen molar-refractivity contribution in [3.8, 4) is 5.75 Å². The van der Waals surface area contributed by atoms with E-state index in [-0.39, 0.29) is 11.8 Å². The van der Waals surface area contributed by atoms with Crippen LogP contribution in [0.5, 0.6) is 5.75 Å². The summed E-state index contributed by atoms with van der Waals surface area (Å²) in [6.45, 7) is 5.19. The number of anilines is 1. The molecule has 0 unspecified atom stereocenters. The number of hydrogen-bond donors (Lipinski definition) is 0. The fourth-order valence-electron chi connectivity index (χ4n) is 4.79. The lowest BCUT2D eigenvalue weighted by atomic mass is 9.97. The minimum Gasteiger partial charge on any atom is -0.496 e. The SMILES string of the molecule is COc1ccccc1C1=C(N2CCc3ccccc3C2)C(=O)N(c2cccc(C)c2C)C1=O. The number of carbonyl (C=O) groups excluding carboxylic acids is 2. The van der Waals surface area contributed by atoms with Crippen molar-refractivity contribution in [2.45, 2.75) is 26.8 Å². The molecule has 0 aliphatic carbocycles. The van der Waals surface area contributed by atoms with E-state index in [2.05, 4.69) is 17.0 Å². The Kier molecular flexibility index (Phi) is 5.25. The molecule has 3 aromatic rings. The number of hydrogen-bond acceptors (Lipinski definition) is 4. The zero-order chi connectivity index (χ0) is 23.1. The smallest absolute Gasteiger partial charge is 0.282 e. The molecule has 0 aromatic heterocycles. The first-order valence-corrected chi connectivity index (χ1v) is 11.2. The van der Waals surface area contributed by atoms with Gasteiger partial charge >= 0.3 is 0 Å². The van der Waals surface area contributed by atoms with Gasteiger partial charge in [-0.15, -0.1) is 0 Å². The summed E-state index contributed by atoms with van der Waals surface area (Å²) >= 11 is 0. The molecule has 0 saturated heterocycles. The van der Waals surface area contributed by atoms with Crippen LogP contribution in [0.25, 0.3) is 5.57 Å². The molecule has 2 aliphatic rings. The molecule has 0 fully saturated rings. The van der Waals surface area contributed by atoms with Crippen molar-refractivity contribution >= 4 is 23.1 Å². The Morgan fingerprint density at radius 3 is 2.33 bits per heavy atom. The van der Waals surface area contributed by atoms with Gasteiger partial charge in [-0.05, 0) is 54.7 Å². The number of nitrogens with zero attached hydrogens (tertiary/aromatic N) is 2. The van der Waals surface area contributed by atoms with Crippen molar-refractivity contribution in [2.75, 3.05) is 18.6 Å². The predicted molar refractivity (Wildman–Crippen MR) is 129 cm³/mol. The first-order chi connectivity index (χ1) is 16.0. The Morgan fingerprint density at radius 1 is 0.818 bits per heavy atom. The molecule has 2 aliphatic heterocycles. The van der Waals surface area contributed by atoms with Crippen LogP contribution in [0.4, 0.5) is 5.69 Å². The summed E-state index contributed by atoms with van der Waals surface area (Å²) in [6, 6.07) is 21.4. The fraction of sp³-hybridized carbons (Fsp3) is 0.214. The van der Waals surface area contributed by atoms with E-state index in [1.54, 1.807) is 7.11 Å². The number of carbonyl (C=O) groups is 2. The number of aryl methyl sites for hydroxylation is 1. The summed E-state index contributed by atoms with van der Waals surface area (Å²) in [5, 5.41) is 0. The van der Waals surface area contributed by atoms with E-state index >= 15 is 0 Å². The Balaban J connectivity index is 1.68. The monoisotopic (exact) mass is 438 g/mol. The molecule has 2 amide bonds. The Hall–Kier alpha value is -3.86. The molecule has 0 bridgehead atoms. The van der Waals surface area contributed by atoms with Gasteiger partial charge in [0.15, 0.2) is 0 Å². The third kappa shape index (κ3) is 3.41. The quantitative estimate of drug-likeness (QED) is 0.556. The second kappa shape index (κ2) is 8.24. The molecule has 5 heteroatoms. The van der Waals surface area contributed by atoms with E-state index in [1.807, 2.05) is 68.4 Å². The first kappa shape index (κ1) is 21.0. The average molecular weight is 439 g/mol. The van der Waals surface area contributed by atoms with Crippen LogP contribution in [0.1, 0.15) is 27.8 Å². The zero-order valence-corrected chi connectivity index (χ0v) is 19.1. The molecule has 0 N–H and O–H groups in total. The summed E-state index contributed by atoms with van der Waals surface area (Å²) < 4.78 is 5.58. The third-order valence-electron chi connectivity index (χ3n) is 6.70. The maximum absolute atomic E-state index is 13.9. The lowest BCUT2D eigenvalue weighted by Gasteiger charge is -2.31. The van der Waals surface area contributed by atoms with Crippen molar-refractivity contribution in [1.29, 1.82) is 0 Å². The Morgan fingerprint density at radius 2 is 1.55 bits per heavy atom. The van der Waals surface area contributed by atoms with Gasteiger partial charge in [-0.2, -0.15) is 0 Å². The molecule has 0 radical (unpaired) electrons. The predicted octanol–water partition coefficient (Wildman–Crippen LogP) is 4.65. The van der Waals surface area contributed by atoms with E-state index in [0.29, 0.717) is 41.4 Å². The summed E-state index contributed by atoms with van der Waals surface area (Å²) in [4.78, 5) is 31.2. The lowest BCUT2D eigenvalue weighted by Crippen LogP contribution is -2.37. The van der Waals surface area contributed by atoms with E-state index < -0.39 is 0 Å². The van der Waals surface area contributed by atoms with Crippen LogP contribution in [0, 0.1) is 13.8 Å². The van der Waals surface area contributed by atoms with Crippen LogP contribution in [-0.2, 0) is 22.6 Å². The number of para-hydroxylation sites is 1. The maximum Gasteiger partial charge on any atom is 0.282 e. The number of amides is 2. The molecular weight excluding hydrogens is 412 g/mol. The van der Waals surface area contributed by atoms with Gasteiger partial charge in [0.05, 0.1) is 18.4 Å². The highest BCUT2D eigenvalue weighted by atomic mass is 16.5. The molecule has 33 heavy (non-hydrogen) atoms. The van der Waals surface area contributed by atoms with Crippen molar-refractivity contribution in [2.24, 2.45) is 0 Å². The van der Waals surface area contributed by atoms with Crippen molar-refractivity contribution in [3.63, 3.8) is 0 Å². The van der Waals surface area contributed by atoms with Gasteiger partial charge in [-0.3, -0.25) is 9.59 Å². The standard InChI is InChI=1S/C28H26N2O3/c1-18-9-8-13-23(19(18)2)30-27(31)25(22-12-6-7-14-24(22)33-3)26(28(30)32)29-16-15-20-10-4-5-11-21(20)17-29/h4-14H,15-17H2,1-3H3. The average Bonchev–Trinajstić information content (AvgIpc) is 3.10. The number of ether oxygens (including phenoxy) is 1. The summed E-state index contributed by atoms with van der Waals surface area (Å²) in [7, 11) is 1.58. The van der Waals surface area contributed by atoms with Crippen LogP contribution < -0.4 is 9.64 Å². The molecule has 0 saturated carbocycles. The molecular formula is C28H26N2O3. The summed E-state index contributed by atoms with van der Waals surface area (Å²) in [5.41, 5.74) is 6.54. The molecule has 3 aromatic carbocycles. The summed E-state index contributed by atoms with van der Waals surface area (Å²) in [6.07, 6.45) is 0.823. The van der Waals surface area contributed by atoms with Crippen LogP contribution in [0.3, 0.4) is 0 Å². The minimum atomic E-state index is -0.313. The largest absolute Gasteiger partial charge is 0.496 e. The highest BCUT2D eigenvalue weighted by molar-refractivity contribution is 6.45. The van der Waals surface area contributed by atoms with Crippen molar-refractivity contribution < 1.29 is 14.3 Å². The molecule has 0 spiro atoms.